The minimum atomic E-state index is -0.309. The number of hydrogen-bond acceptors (Lipinski definition) is 1. The second kappa shape index (κ2) is 8.13. The largest absolute Gasteiger partial charge is 0.310 e. The van der Waals surface area contributed by atoms with Crippen LogP contribution in [-0.2, 0) is 0 Å². The first kappa shape index (κ1) is 15.9. The van der Waals surface area contributed by atoms with E-state index in [1.165, 1.54) is 0 Å². The van der Waals surface area contributed by atoms with Gasteiger partial charge >= 0.3 is 0 Å². The molecule has 4 heteroatoms. The van der Waals surface area contributed by atoms with Crippen molar-refractivity contribution in [3.05, 3.63) is 33.0 Å². The monoisotopic (exact) mass is 335 g/mol. The van der Waals surface area contributed by atoms with Crippen LogP contribution in [0.2, 0.25) is 5.02 Å². The molecule has 0 aliphatic rings. The van der Waals surface area contributed by atoms with Crippen LogP contribution in [0.4, 0.5) is 4.39 Å². The Morgan fingerprint density at radius 3 is 2.67 bits per heavy atom. The van der Waals surface area contributed by atoms with Gasteiger partial charge < -0.3 is 5.32 Å². The van der Waals surface area contributed by atoms with E-state index in [0.717, 1.165) is 32.2 Å². The highest BCUT2D eigenvalue weighted by atomic mass is 79.9. The van der Waals surface area contributed by atoms with E-state index in [1.807, 2.05) is 12.1 Å². The van der Waals surface area contributed by atoms with Crippen molar-refractivity contribution in [3.63, 3.8) is 0 Å². The van der Waals surface area contributed by atoms with E-state index < -0.39 is 0 Å². The number of nitrogens with one attached hydrogen (secondary N) is 1. The van der Waals surface area contributed by atoms with E-state index in [1.54, 1.807) is 0 Å². The predicted molar refractivity (Wildman–Crippen MR) is 79.7 cm³/mol. The zero-order valence-electron chi connectivity index (χ0n) is 10.9. The van der Waals surface area contributed by atoms with Gasteiger partial charge in [-0.3, -0.25) is 0 Å². The lowest BCUT2D eigenvalue weighted by Gasteiger charge is -2.20. The summed E-state index contributed by atoms with van der Waals surface area (Å²) in [6.45, 7) is 5.14. The number of unbranched alkanes of at least 4 members (excludes halogenated alkanes) is 1. The number of benzene rings is 1. The number of rotatable bonds is 7. The van der Waals surface area contributed by atoms with Crippen LogP contribution in [0.5, 0.6) is 0 Å². The SMILES string of the molecule is CCCCC(NCCC)c1ccc(Br)c(Cl)c1F. The first-order valence-corrected chi connectivity index (χ1v) is 7.65. The maximum Gasteiger partial charge on any atom is 0.147 e. The fourth-order valence-corrected chi connectivity index (χ4v) is 2.38. The normalized spacial score (nSPS) is 12.7. The van der Waals surface area contributed by atoms with Gasteiger partial charge in [-0.1, -0.05) is 44.4 Å². The molecule has 1 rings (SSSR count). The van der Waals surface area contributed by atoms with E-state index in [2.05, 4.69) is 35.1 Å². The predicted octanol–water partition coefficient (Wildman–Crippen LogP) is 5.47. The van der Waals surface area contributed by atoms with E-state index in [0.29, 0.717) is 10.0 Å². The van der Waals surface area contributed by atoms with Crippen molar-refractivity contribution in [2.45, 2.75) is 45.6 Å². The molecule has 0 saturated carbocycles. The quantitative estimate of drug-likeness (QED) is 0.651. The van der Waals surface area contributed by atoms with Gasteiger partial charge in [-0.05, 0) is 41.4 Å². The van der Waals surface area contributed by atoms with Crippen LogP contribution in [0.1, 0.15) is 51.1 Å². The Bertz CT molecular complexity index is 376. The maximum absolute atomic E-state index is 14.2. The molecule has 1 unspecified atom stereocenters. The van der Waals surface area contributed by atoms with Crippen molar-refractivity contribution in [3.8, 4) is 0 Å². The fraction of sp³-hybridized carbons (Fsp3) is 0.571. The third kappa shape index (κ3) is 4.22. The zero-order valence-corrected chi connectivity index (χ0v) is 13.2. The molecule has 0 aromatic heterocycles. The second-order valence-corrected chi connectivity index (χ2v) is 5.65. The Labute approximate surface area is 122 Å². The van der Waals surface area contributed by atoms with Crippen molar-refractivity contribution in [1.29, 1.82) is 0 Å². The molecule has 0 radical (unpaired) electrons. The molecule has 0 spiro atoms. The van der Waals surface area contributed by atoms with Crippen molar-refractivity contribution in [2.24, 2.45) is 0 Å². The van der Waals surface area contributed by atoms with Gasteiger partial charge in [0.25, 0.3) is 0 Å². The van der Waals surface area contributed by atoms with Gasteiger partial charge in [0, 0.05) is 16.1 Å². The summed E-state index contributed by atoms with van der Waals surface area (Å²) in [5.74, 6) is -0.309. The summed E-state index contributed by atoms with van der Waals surface area (Å²) in [5.41, 5.74) is 0.671. The van der Waals surface area contributed by atoms with Gasteiger partial charge in [-0.2, -0.15) is 0 Å². The molecule has 0 saturated heterocycles. The summed E-state index contributed by atoms with van der Waals surface area (Å²) in [4.78, 5) is 0. The Hall–Kier alpha value is -0.120. The van der Waals surface area contributed by atoms with Crippen molar-refractivity contribution in [1.82, 2.24) is 5.32 Å². The van der Waals surface area contributed by atoms with Crippen molar-refractivity contribution >= 4 is 27.5 Å². The third-order valence-corrected chi connectivity index (χ3v) is 4.19. The highest BCUT2D eigenvalue weighted by Crippen LogP contribution is 2.32. The third-order valence-electron chi connectivity index (χ3n) is 2.93. The van der Waals surface area contributed by atoms with Crippen molar-refractivity contribution in [2.75, 3.05) is 6.54 Å². The van der Waals surface area contributed by atoms with E-state index >= 15 is 0 Å². The molecular formula is C14H20BrClFN. The molecule has 18 heavy (non-hydrogen) atoms. The minimum absolute atomic E-state index is 0.0514. The summed E-state index contributed by atoms with van der Waals surface area (Å²) >= 11 is 9.19. The Morgan fingerprint density at radius 1 is 1.33 bits per heavy atom. The van der Waals surface area contributed by atoms with E-state index in [4.69, 9.17) is 11.6 Å². The molecule has 0 aliphatic carbocycles. The van der Waals surface area contributed by atoms with Gasteiger partial charge in [0.1, 0.15) is 5.82 Å². The first-order chi connectivity index (χ1) is 8.61. The van der Waals surface area contributed by atoms with Gasteiger partial charge in [0.15, 0.2) is 0 Å². The van der Waals surface area contributed by atoms with Crippen LogP contribution in [0.25, 0.3) is 0 Å². The zero-order chi connectivity index (χ0) is 13.5. The highest BCUT2D eigenvalue weighted by Gasteiger charge is 2.18. The van der Waals surface area contributed by atoms with Gasteiger partial charge in [-0.25, -0.2) is 4.39 Å². The lowest BCUT2D eigenvalue weighted by atomic mass is 10.0. The molecule has 0 bridgehead atoms. The number of hydrogen-bond donors (Lipinski definition) is 1. The van der Waals surface area contributed by atoms with Crippen LogP contribution in [0.3, 0.4) is 0 Å². The summed E-state index contributed by atoms with van der Waals surface area (Å²) < 4.78 is 14.8. The lowest BCUT2D eigenvalue weighted by Crippen LogP contribution is -2.23. The van der Waals surface area contributed by atoms with E-state index in [9.17, 15) is 4.39 Å². The number of halogens is 3. The van der Waals surface area contributed by atoms with Gasteiger partial charge in [0.2, 0.25) is 0 Å². The molecule has 0 heterocycles. The average Bonchev–Trinajstić information content (AvgIpc) is 2.37. The van der Waals surface area contributed by atoms with Crippen LogP contribution in [0, 0.1) is 5.82 Å². The molecule has 0 fully saturated rings. The standard InChI is InChI=1S/C14H20BrClFN/c1-3-5-6-12(18-9-4-2)10-7-8-11(15)13(16)14(10)17/h7-8,12,18H,3-6,9H2,1-2H3. The summed E-state index contributed by atoms with van der Waals surface area (Å²) in [6, 6.07) is 3.68. The van der Waals surface area contributed by atoms with Crippen LogP contribution in [-0.4, -0.2) is 6.54 Å². The summed E-state index contributed by atoms with van der Waals surface area (Å²) in [6.07, 6.45) is 4.16. The molecular weight excluding hydrogens is 317 g/mol. The average molecular weight is 337 g/mol. The Kier molecular flexibility index (Phi) is 7.20. The fourth-order valence-electron chi connectivity index (χ4n) is 1.90. The van der Waals surface area contributed by atoms with E-state index in [-0.39, 0.29) is 16.9 Å². The lowest BCUT2D eigenvalue weighted by molar-refractivity contribution is 0.459. The minimum Gasteiger partial charge on any atom is -0.310 e. The van der Waals surface area contributed by atoms with Crippen LogP contribution in [0.15, 0.2) is 16.6 Å². The molecule has 102 valence electrons. The molecule has 1 aromatic rings. The van der Waals surface area contributed by atoms with Crippen molar-refractivity contribution < 1.29 is 4.39 Å². The maximum atomic E-state index is 14.2. The summed E-state index contributed by atoms with van der Waals surface area (Å²) in [5, 5.41) is 3.57. The first-order valence-electron chi connectivity index (χ1n) is 6.48. The Balaban J connectivity index is 2.93. The molecule has 0 aliphatic heterocycles. The topological polar surface area (TPSA) is 12.0 Å². The van der Waals surface area contributed by atoms with Gasteiger partial charge in [0.05, 0.1) is 5.02 Å². The molecule has 1 nitrogen and oxygen atoms in total. The Morgan fingerprint density at radius 2 is 2.06 bits per heavy atom. The summed E-state index contributed by atoms with van der Waals surface area (Å²) in [7, 11) is 0. The molecule has 1 aromatic carbocycles. The van der Waals surface area contributed by atoms with Crippen LogP contribution < -0.4 is 5.32 Å². The molecule has 1 atom stereocenters. The van der Waals surface area contributed by atoms with Gasteiger partial charge in [-0.15, -0.1) is 0 Å². The molecule has 0 amide bonds. The smallest absolute Gasteiger partial charge is 0.147 e. The highest BCUT2D eigenvalue weighted by molar-refractivity contribution is 9.10. The molecule has 1 N–H and O–H groups in total. The van der Waals surface area contributed by atoms with Crippen LogP contribution >= 0.6 is 27.5 Å². The second-order valence-electron chi connectivity index (χ2n) is 4.41.